The van der Waals surface area contributed by atoms with Crippen molar-refractivity contribution in [3.05, 3.63) is 71.8 Å². The fourth-order valence-electron chi connectivity index (χ4n) is 6.58. The molecule has 4 rings (SSSR count). The van der Waals surface area contributed by atoms with Crippen molar-refractivity contribution in [1.29, 1.82) is 0 Å². The number of likely N-dealkylation sites (tertiary alicyclic amines) is 1. The van der Waals surface area contributed by atoms with E-state index >= 15 is 0 Å². The number of cyclic esters (lactones) is 1. The summed E-state index contributed by atoms with van der Waals surface area (Å²) in [4.78, 5) is 31.3. The minimum atomic E-state index is -1.73. The van der Waals surface area contributed by atoms with Crippen molar-refractivity contribution in [2.45, 2.75) is 82.0 Å². The Balaban J connectivity index is 1.75. The molecule has 2 heterocycles. The second kappa shape index (κ2) is 9.24. The van der Waals surface area contributed by atoms with Gasteiger partial charge < -0.3 is 9.64 Å². The summed E-state index contributed by atoms with van der Waals surface area (Å²) in [5.41, 5.74) is 1.82. The first-order chi connectivity index (χ1) is 16.4. The Bertz CT molecular complexity index is 1050. The maximum absolute atomic E-state index is 14.2. The highest BCUT2D eigenvalue weighted by Gasteiger charge is 2.66. The quantitative estimate of drug-likeness (QED) is 0.329. The van der Waals surface area contributed by atoms with E-state index in [0.717, 1.165) is 18.4 Å². The lowest BCUT2D eigenvalue weighted by Gasteiger charge is -2.65. The van der Waals surface area contributed by atoms with Gasteiger partial charge in [0.05, 0.1) is 27.7 Å². The van der Waals surface area contributed by atoms with E-state index in [1.807, 2.05) is 36.4 Å². The Morgan fingerprint density at radius 3 is 2.00 bits per heavy atom. The first-order valence-corrected chi connectivity index (χ1v) is 19.9. The number of aryl methyl sites for hydroxylation is 1. The number of carbonyl (C=O) groups excluding carboxylic acids is 2. The summed E-state index contributed by atoms with van der Waals surface area (Å²) in [6.07, 6.45) is 1.30. The van der Waals surface area contributed by atoms with Gasteiger partial charge in [0, 0.05) is 5.29 Å². The molecule has 0 radical (unpaired) electrons. The van der Waals surface area contributed by atoms with Crippen LogP contribution in [-0.4, -0.2) is 61.4 Å². The van der Waals surface area contributed by atoms with Crippen LogP contribution in [0.2, 0.25) is 39.3 Å². The van der Waals surface area contributed by atoms with E-state index in [2.05, 4.69) is 75.4 Å². The highest BCUT2D eigenvalue weighted by molar-refractivity contribution is 6.96. The Hall–Kier alpha value is -2.39. The fourth-order valence-corrected chi connectivity index (χ4v) is 19.4. The third-order valence-electron chi connectivity index (χ3n) is 7.65. The number of rotatable bonds is 8. The highest BCUT2D eigenvalue weighted by Crippen LogP contribution is 2.48. The number of ether oxygens (including phenoxy) is 1. The van der Waals surface area contributed by atoms with Crippen LogP contribution in [0.25, 0.3) is 0 Å². The molecule has 2 amide bonds. The van der Waals surface area contributed by atoms with Crippen molar-refractivity contribution in [1.82, 2.24) is 9.80 Å². The molecular weight excluding hydrogens is 468 g/mol. The molecule has 0 spiro atoms. The van der Waals surface area contributed by atoms with Gasteiger partial charge in [-0.2, -0.15) is 0 Å². The smallest absolute Gasteiger partial charge is 0.411 e. The molecule has 2 aromatic rings. The van der Waals surface area contributed by atoms with Crippen LogP contribution in [0.3, 0.4) is 0 Å². The predicted octanol–water partition coefficient (Wildman–Crippen LogP) is 5.91. The van der Waals surface area contributed by atoms with E-state index in [4.69, 9.17) is 4.74 Å². The van der Waals surface area contributed by atoms with Crippen LogP contribution < -0.4 is 0 Å². The van der Waals surface area contributed by atoms with Crippen molar-refractivity contribution in [2.24, 2.45) is 0 Å². The second-order valence-electron chi connectivity index (χ2n) is 12.5. The molecule has 0 bridgehead atoms. The SMILES string of the molecule is C[C@@]1(CCc2ccccc2)[C@H](N2C(=O)OC[C@@H]2c2ccccc2)C(=O)N1C([Si](C)(C)C)[Si](C)(C)C. The first-order valence-electron chi connectivity index (χ1n) is 12.7. The van der Waals surface area contributed by atoms with Gasteiger partial charge in [-0.1, -0.05) is 99.9 Å². The summed E-state index contributed by atoms with van der Waals surface area (Å²) in [6.45, 7) is 16.8. The van der Waals surface area contributed by atoms with Gasteiger partial charge in [-0.15, -0.1) is 0 Å². The zero-order valence-electron chi connectivity index (χ0n) is 22.2. The highest BCUT2D eigenvalue weighted by atomic mass is 28.4. The van der Waals surface area contributed by atoms with Crippen LogP contribution in [0.15, 0.2) is 60.7 Å². The van der Waals surface area contributed by atoms with Crippen LogP contribution >= 0.6 is 0 Å². The molecule has 0 aliphatic carbocycles. The molecule has 0 aromatic heterocycles. The predicted molar refractivity (Wildman–Crippen MR) is 147 cm³/mol. The molecule has 0 saturated carbocycles. The summed E-state index contributed by atoms with van der Waals surface area (Å²) in [5.74, 6) is 0.0928. The summed E-state index contributed by atoms with van der Waals surface area (Å²) in [7, 11) is -3.46. The number of nitrogens with zero attached hydrogens (tertiary/aromatic N) is 2. The van der Waals surface area contributed by atoms with Gasteiger partial charge in [-0.05, 0) is 30.9 Å². The first kappa shape index (κ1) is 25.7. The summed E-state index contributed by atoms with van der Waals surface area (Å²) in [5, 5.41) is 0.285. The normalized spacial score (nSPS) is 25.1. The number of benzene rings is 2. The molecule has 0 N–H and O–H groups in total. The van der Waals surface area contributed by atoms with E-state index in [1.54, 1.807) is 4.90 Å². The van der Waals surface area contributed by atoms with Crippen LogP contribution in [0.1, 0.15) is 30.5 Å². The molecule has 7 heteroatoms. The van der Waals surface area contributed by atoms with Gasteiger partial charge in [0.2, 0.25) is 5.91 Å². The monoisotopic (exact) mass is 508 g/mol. The number of hydrogen-bond donors (Lipinski definition) is 0. The minimum absolute atomic E-state index is 0.0928. The van der Waals surface area contributed by atoms with Crippen LogP contribution in [0.5, 0.6) is 0 Å². The maximum atomic E-state index is 14.2. The van der Waals surface area contributed by atoms with Crippen LogP contribution in [-0.2, 0) is 16.0 Å². The molecule has 188 valence electrons. The van der Waals surface area contributed by atoms with Crippen molar-refractivity contribution >= 4 is 28.1 Å². The third-order valence-corrected chi connectivity index (χ3v) is 16.6. The van der Waals surface area contributed by atoms with Crippen molar-refractivity contribution in [3.63, 3.8) is 0 Å². The van der Waals surface area contributed by atoms with Crippen LogP contribution in [0.4, 0.5) is 4.79 Å². The standard InChI is InChI=1S/C28H40N2O3Si2/c1-28(19-18-21-14-10-8-11-15-21)24(25(31)30(28)27(34(2,3)4)35(5,6)7)29-23(20-33-26(29)32)22-16-12-9-13-17-22/h8-17,23-24,27H,18-20H2,1-7H3/t23-,24-,28-/m1/s1. The average molecular weight is 509 g/mol. The number of β-lactam (4-membered cyclic amide) rings is 1. The third kappa shape index (κ3) is 4.72. The molecule has 2 aliphatic heterocycles. The zero-order chi connectivity index (χ0) is 25.6. The minimum Gasteiger partial charge on any atom is -0.447 e. The molecule has 2 aromatic carbocycles. The number of amides is 2. The van der Waals surface area contributed by atoms with Gasteiger partial charge in [0.15, 0.2) is 0 Å². The molecule has 2 saturated heterocycles. The Morgan fingerprint density at radius 1 is 0.914 bits per heavy atom. The largest absolute Gasteiger partial charge is 0.447 e. The summed E-state index contributed by atoms with van der Waals surface area (Å²) >= 11 is 0. The number of carbonyl (C=O) groups is 2. The van der Waals surface area contributed by atoms with Crippen molar-refractivity contribution in [3.8, 4) is 0 Å². The lowest BCUT2D eigenvalue weighted by atomic mass is 9.75. The molecular formula is C28H40N2O3Si2. The Labute approximate surface area is 212 Å². The fraction of sp³-hybridized carbons (Fsp3) is 0.500. The zero-order valence-corrected chi connectivity index (χ0v) is 24.2. The van der Waals surface area contributed by atoms with Gasteiger partial charge in [0.1, 0.15) is 12.6 Å². The van der Waals surface area contributed by atoms with Crippen molar-refractivity contribution in [2.75, 3.05) is 6.61 Å². The van der Waals surface area contributed by atoms with E-state index < -0.39 is 27.7 Å². The second-order valence-corrected chi connectivity index (χ2v) is 23.6. The van der Waals surface area contributed by atoms with Gasteiger partial charge in [0.25, 0.3) is 0 Å². The van der Waals surface area contributed by atoms with E-state index in [-0.39, 0.29) is 29.9 Å². The molecule has 3 atom stereocenters. The lowest BCUT2D eigenvalue weighted by molar-refractivity contribution is -0.172. The summed E-state index contributed by atoms with van der Waals surface area (Å²) in [6, 6.07) is 19.7. The molecule has 2 fully saturated rings. The molecule has 5 nitrogen and oxygen atoms in total. The lowest BCUT2D eigenvalue weighted by Crippen LogP contribution is -2.85. The van der Waals surface area contributed by atoms with Gasteiger partial charge in [-0.25, -0.2) is 4.79 Å². The average Bonchev–Trinajstić information content (AvgIpc) is 3.16. The van der Waals surface area contributed by atoms with Gasteiger partial charge >= 0.3 is 6.09 Å². The maximum Gasteiger partial charge on any atom is 0.411 e. The molecule has 35 heavy (non-hydrogen) atoms. The van der Waals surface area contributed by atoms with Gasteiger partial charge in [-0.3, -0.25) is 9.69 Å². The Morgan fingerprint density at radius 2 is 1.46 bits per heavy atom. The molecule has 0 unspecified atom stereocenters. The number of hydrogen-bond acceptors (Lipinski definition) is 3. The van der Waals surface area contributed by atoms with E-state index in [9.17, 15) is 9.59 Å². The van der Waals surface area contributed by atoms with Crippen molar-refractivity contribution < 1.29 is 14.3 Å². The van der Waals surface area contributed by atoms with E-state index in [0.29, 0.717) is 0 Å². The Kier molecular flexibility index (Phi) is 6.79. The summed E-state index contributed by atoms with van der Waals surface area (Å²) < 4.78 is 5.56. The molecule has 2 aliphatic rings. The van der Waals surface area contributed by atoms with Crippen LogP contribution in [0, 0.1) is 0 Å². The topological polar surface area (TPSA) is 49.9 Å². The van der Waals surface area contributed by atoms with E-state index in [1.165, 1.54) is 5.56 Å².